The number of aromatic nitrogens is 6. The molecular weight excluding hydrogens is 581 g/mol. The third kappa shape index (κ3) is 5.22. The third-order valence-corrected chi connectivity index (χ3v) is 10.2. The Labute approximate surface area is 250 Å². The Morgan fingerprint density at radius 3 is 2.50 bits per heavy atom. The molecule has 2 bridgehead atoms. The standard InChI is InChI=1S/C29H35F3N8O4/c1-15-22(38-44-37-15)24(41)36-23(16-3-5-29(31,32)6-4-16)20-14-40-26(35-20)34-19(13-33-40)21-12-27(2,43)7-8-39(21)25(42)18-11-28(30)9-17(18)10-28/h13-14,16-18,21,23,43H,3-12H2,1-2H3,(H,36,41)/t17?,18-,21+,23+,27+,28?/m1/s1. The lowest BCUT2D eigenvalue weighted by atomic mass is 9.79. The molecule has 0 unspecified atom stereocenters. The number of fused-ring (bicyclic) bond motifs is 2. The molecule has 2 N–H and O–H groups in total. The Bertz CT molecular complexity index is 1590. The van der Waals surface area contributed by atoms with E-state index in [1.54, 1.807) is 24.9 Å². The van der Waals surface area contributed by atoms with Crippen molar-refractivity contribution in [3.63, 3.8) is 0 Å². The van der Waals surface area contributed by atoms with Crippen LogP contribution in [0.1, 0.15) is 104 Å². The summed E-state index contributed by atoms with van der Waals surface area (Å²) in [6.07, 6.45) is 4.55. The van der Waals surface area contributed by atoms with Crippen LogP contribution >= 0.6 is 0 Å². The Hall–Kier alpha value is -3.62. The van der Waals surface area contributed by atoms with E-state index in [-0.39, 0.29) is 73.7 Å². The topological polar surface area (TPSA) is 152 Å². The molecule has 4 heterocycles. The van der Waals surface area contributed by atoms with E-state index in [1.165, 1.54) is 10.7 Å². The van der Waals surface area contributed by atoms with Crippen LogP contribution in [0.25, 0.3) is 5.78 Å². The molecule has 44 heavy (non-hydrogen) atoms. The first-order valence-corrected chi connectivity index (χ1v) is 15.2. The number of carbonyl (C=O) groups is 2. The van der Waals surface area contributed by atoms with E-state index in [9.17, 15) is 27.9 Å². The molecule has 1 saturated heterocycles. The largest absolute Gasteiger partial charge is 0.390 e. The maximum atomic E-state index is 14.7. The number of likely N-dealkylation sites (tertiary alicyclic amines) is 1. The van der Waals surface area contributed by atoms with E-state index in [4.69, 9.17) is 4.98 Å². The Morgan fingerprint density at radius 2 is 1.84 bits per heavy atom. The van der Waals surface area contributed by atoms with Crippen LogP contribution in [0, 0.1) is 24.7 Å². The van der Waals surface area contributed by atoms with E-state index >= 15 is 0 Å². The Balaban J connectivity index is 1.19. The highest BCUT2D eigenvalue weighted by molar-refractivity contribution is 5.93. The van der Waals surface area contributed by atoms with Crippen molar-refractivity contribution in [2.75, 3.05) is 6.54 Å². The van der Waals surface area contributed by atoms with Gasteiger partial charge < -0.3 is 15.3 Å². The first kappa shape index (κ1) is 29.1. The zero-order chi connectivity index (χ0) is 31.0. The first-order chi connectivity index (χ1) is 20.8. The number of nitrogens with zero attached hydrogens (tertiary/aromatic N) is 7. The van der Waals surface area contributed by atoms with Gasteiger partial charge in [-0.1, -0.05) is 5.16 Å². The van der Waals surface area contributed by atoms with Gasteiger partial charge in [0.15, 0.2) is 5.69 Å². The van der Waals surface area contributed by atoms with Gasteiger partial charge in [-0.25, -0.2) is 32.3 Å². The summed E-state index contributed by atoms with van der Waals surface area (Å²) in [5.74, 6) is -3.92. The van der Waals surface area contributed by atoms with E-state index < -0.39 is 35.2 Å². The van der Waals surface area contributed by atoms with Gasteiger partial charge in [-0.3, -0.25) is 9.59 Å². The van der Waals surface area contributed by atoms with Crippen LogP contribution in [0.15, 0.2) is 17.0 Å². The molecule has 0 radical (unpaired) electrons. The number of carbonyl (C=O) groups excluding carboxylic acids is 2. The molecular formula is C29H35F3N8O4. The summed E-state index contributed by atoms with van der Waals surface area (Å²) < 4.78 is 48.8. The van der Waals surface area contributed by atoms with Crippen molar-refractivity contribution in [1.82, 2.24) is 40.1 Å². The third-order valence-electron chi connectivity index (χ3n) is 10.2. The minimum Gasteiger partial charge on any atom is -0.390 e. The van der Waals surface area contributed by atoms with Gasteiger partial charge >= 0.3 is 0 Å². The van der Waals surface area contributed by atoms with Crippen molar-refractivity contribution in [2.45, 2.75) is 101 Å². The van der Waals surface area contributed by atoms with E-state index in [2.05, 4.69) is 30.3 Å². The zero-order valence-corrected chi connectivity index (χ0v) is 24.5. The second-order valence-electron chi connectivity index (χ2n) is 13.6. The minimum absolute atomic E-state index is 0.00832. The average Bonchev–Trinajstić information content (AvgIpc) is 3.72. The molecule has 0 spiro atoms. The second-order valence-corrected chi connectivity index (χ2v) is 13.6. The number of alkyl halides is 3. The van der Waals surface area contributed by atoms with Gasteiger partial charge in [-0.05, 0) is 69.4 Å². The zero-order valence-electron chi connectivity index (χ0n) is 24.5. The first-order valence-electron chi connectivity index (χ1n) is 15.2. The molecule has 3 aromatic rings. The molecule has 4 atom stereocenters. The monoisotopic (exact) mass is 616 g/mol. The number of halogens is 3. The number of aryl methyl sites for hydroxylation is 1. The van der Waals surface area contributed by atoms with Crippen LogP contribution in [0.3, 0.4) is 0 Å². The molecule has 0 aromatic carbocycles. The number of rotatable bonds is 6. The molecule has 15 heteroatoms. The van der Waals surface area contributed by atoms with Crippen LogP contribution in [-0.2, 0) is 4.79 Å². The fourth-order valence-electron chi connectivity index (χ4n) is 7.66. The average molecular weight is 617 g/mol. The van der Waals surface area contributed by atoms with Gasteiger partial charge in [0.25, 0.3) is 11.7 Å². The molecule has 4 aliphatic carbocycles. The van der Waals surface area contributed by atoms with Gasteiger partial charge in [-0.15, -0.1) is 0 Å². The molecule has 236 valence electrons. The highest BCUT2D eigenvalue weighted by atomic mass is 19.3. The number of amides is 2. The molecule has 5 aliphatic rings. The van der Waals surface area contributed by atoms with Crippen molar-refractivity contribution < 1.29 is 32.5 Å². The number of aliphatic hydroxyl groups is 1. The van der Waals surface area contributed by atoms with Crippen LogP contribution in [0.5, 0.6) is 0 Å². The van der Waals surface area contributed by atoms with Crippen LogP contribution in [0.2, 0.25) is 0 Å². The van der Waals surface area contributed by atoms with Crippen LogP contribution < -0.4 is 5.32 Å². The minimum atomic E-state index is -2.76. The smallest absolute Gasteiger partial charge is 0.276 e. The maximum Gasteiger partial charge on any atom is 0.276 e. The van der Waals surface area contributed by atoms with E-state index in [0.29, 0.717) is 42.9 Å². The van der Waals surface area contributed by atoms with Crippen LogP contribution in [-0.4, -0.2) is 75.5 Å². The Kier molecular flexibility index (Phi) is 6.75. The lowest BCUT2D eigenvalue weighted by Gasteiger charge is -2.43. The van der Waals surface area contributed by atoms with Crippen molar-refractivity contribution in [3.05, 3.63) is 35.2 Å². The number of imidazole rings is 1. The predicted molar refractivity (Wildman–Crippen MR) is 146 cm³/mol. The number of hydrogen-bond donors (Lipinski definition) is 2. The van der Waals surface area contributed by atoms with Gasteiger partial charge in [0.2, 0.25) is 11.8 Å². The molecule has 12 nitrogen and oxygen atoms in total. The Morgan fingerprint density at radius 1 is 1.09 bits per heavy atom. The summed E-state index contributed by atoms with van der Waals surface area (Å²) in [5, 5.41) is 25.6. The van der Waals surface area contributed by atoms with E-state index in [0.717, 1.165) is 0 Å². The molecule has 8 rings (SSSR count). The highest BCUT2D eigenvalue weighted by Crippen LogP contribution is 2.59. The molecule has 5 fully saturated rings. The number of hydrogen-bond acceptors (Lipinski definition) is 9. The van der Waals surface area contributed by atoms with Crippen LogP contribution in [0.4, 0.5) is 13.2 Å². The van der Waals surface area contributed by atoms with Crippen molar-refractivity contribution in [3.8, 4) is 0 Å². The highest BCUT2D eigenvalue weighted by Gasteiger charge is 2.60. The maximum absolute atomic E-state index is 14.7. The predicted octanol–water partition coefficient (Wildman–Crippen LogP) is 3.67. The van der Waals surface area contributed by atoms with Gasteiger partial charge in [-0.2, -0.15) is 5.10 Å². The summed E-state index contributed by atoms with van der Waals surface area (Å²) in [5.41, 5.74) is -1.17. The SMILES string of the molecule is Cc1nonc1C(=O)N[C@H](c1cn2ncc([C@@H]3C[C@@](C)(O)CCN3C(=O)[C@@H]3CC4(F)CC3C4)nc2n1)C1CCC(F)(F)CC1. The number of piperidine rings is 1. The fraction of sp³-hybridized carbons (Fsp3) is 0.690. The molecule has 3 aromatic heterocycles. The summed E-state index contributed by atoms with van der Waals surface area (Å²) >= 11 is 0. The molecule has 1 aliphatic heterocycles. The second kappa shape index (κ2) is 10.2. The van der Waals surface area contributed by atoms with Crippen molar-refractivity contribution >= 4 is 17.6 Å². The molecule has 2 amide bonds. The fourth-order valence-corrected chi connectivity index (χ4v) is 7.66. The summed E-state index contributed by atoms with van der Waals surface area (Å²) in [7, 11) is 0. The number of nitrogens with one attached hydrogen (secondary N) is 1. The summed E-state index contributed by atoms with van der Waals surface area (Å²) in [6, 6.07) is -1.33. The van der Waals surface area contributed by atoms with Crippen molar-refractivity contribution in [1.29, 1.82) is 0 Å². The normalized spacial score (nSPS) is 32.4. The quantitative estimate of drug-likeness (QED) is 0.423. The summed E-state index contributed by atoms with van der Waals surface area (Å²) in [6.45, 7) is 3.60. The lowest BCUT2D eigenvalue weighted by Crippen LogP contribution is -2.49. The molecule has 4 saturated carbocycles. The van der Waals surface area contributed by atoms with E-state index in [1.807, 2.05) is 0 Å². The van der Waals surface area contributed by atoms with Gasteiger partial charge in [0.05, 0.1) is 41.5 Å². The van der Waals surface area contributed by atoms with Crippen molar-refractivity contribution in [2.24, 2.45) is 17.8 Å². The lowest BCUT2D eigenvalue weighted by molar-refractivity contribution is -0.145. The van der Waals surface area contributed by atoms with Gasteiger partial charge in [0.1, 0.15) is 11.4 Å². The summed E-state index contributed by atoms with van der Waals surface area (Å²) in [4.78, 5) is 37.9. The van der Waals surface area contributed by atoms with Gasteiger partial charge in [0, 0.05) is 31.7 Å².